The zero-order chi connectivity index (χ0) is 13.8. The van der Waals surface area contributed by atoms with E-state index in [1.54, 1.807) is 12.3 Å². The third kappa shape index (κ3) is 3.17. The largest absolute Gasteiger partial charge is 0.466 e. The molecule has 0 atom stereocenters. The first-order chi connectivity index (χ1) is 9.11. The van der Waals surface area contributed by atoms with Gasteiger partial charge in [-0.3, -0.25) is 0 Å². The third-order valence-electron chi connectivity index (χ3n) is 2.71. The van der Waals surface area contributed by atoms with E-state index in [1.165, 1.54) is 7.11 Å². The van der Waals surface area contributed by atoms with Crippen molar-refractivity contribution in [3.8, 4) is 0 Å². The van der Waals surface area contributed by atoms with Gasteiger partial charge in [0.25, 0.3) is 0 Å². The normalized spacial score (nSPS) is 10.3. The number of esters is 1. The van der Waals surface area contributed by atoms with Crippen molar-refractivity contribution in [1.29, 1.82) is 0 Å². The Kier molecular flexibility index (Phi) is 4.27. The highest BCUT2D eigenvalue weighted by molar-refractivity contribution is 9.10. The van der Waals surface area contributed by atoms with Crippen LogP contribution in [0.2, 0.25) is 0 Å². The summed E-state index contributed by atoms with van der Waals surface area (Å²) in [5, 5.41) is 3.17. The van der Waals surface area contributed by atoms with Crippen LogP contribution in [-0.2, 0) is 11.3 Å². The highest BCUT2D eigenvalue weighted by atomic mass is 79.9. The number of hydrogen-bond acceptors (Lipinski definition) is 4. The number of methoxy groups -OCH3 is 1. The molecular weight excluding hydrogens is 310 g/mol. The molecule has 5 heteroatoms. The molecule has 0 unspecified atom stereocenters. The minimum Gasteiger partial charge on any atom is -0.466 e. The second kappa shape index (κ2) is 5.93. The molecule has 0 saturated carbocycles. The molecule has 1 aromatic heterocycles. The van der Waals surface area contributed by atoms with E-state index in [2.05, 4.69) is 21.2 Å². The van der Waals surface area contributed by atoms with Crippen LogP contribution in [0.15, 0.2) is 39.4 Å². The average Bonchev–Trinajstić information content (AvgIpc) is 2.82. The lowest BCUT2D eigenvalue weighted by Gasteiger charge is -2.10. The number of rotatable bonds is 4. The molecular formula is C14H14BrNO3. The summed E-state index contributed by atoms with van der Waals surface area (Å²) < 4.78 is 11.0. The van der Waals surface area contributed by atoms with Gasteiger partial charge < -0.3 is 14.5 Å². The van der Waals surface area contributed by atoms with Gasteiger partial charge >= 0.3 is 5.97 Å². The Balaban J connectivity index is 2.20. The van der Waals surface area contributed by atoms with Gasteiger partial charge in [-0.1, -0.05) is 11.6 Å². The van der Waals surface area contributed by atoms with Crippen LogP contribution in [0, 0.1) is 6.92 Å². The van der Waals surface area contributed by atoms with E-state index in [-0.39, 0.29) is 5.97 Å². The van der Waals surface area contributed by atoms with E-state index in [4.69, 9.17) is 9.15 Å². The van der Waals surface area contributed by atoms with Crippen LogP contribution in [0.1, 0.15) is 21.7 Å². The van der Waals surface area contributed by atoms with Gasteiger partial charge in [-0.2, -0.15) is 0 Å². The Morgan fingerprint density at radius 2 is 2.21 bits per heavy atom. The van der Waals surface area contributed by atoms with Crippen LogP contribution in [0.5, 0.6) is 0 Å². The molecule has 0 aliphatic rings. The summed E-state index contributed by atoms with van der Waals surface area (Å²) in [4.78, 5) is 11.7. The molecule has 19 heavy (non-hydrogen) atoms. The molecule has 0 radical (unpaired) electrons. The van der Waals surface area contributed by atoms with Gasteiger partial charge in [0.05, 0.1) is 30.0 Å². The molecule has 2 rings (SSSR count). The summed E-state index contributed by atoms with van der Waals surface area (Å²) in [6.07, 6.45) is 1.61. The second-order valence-corrected chi connectivity index (χ2v) is 4.94. The number of hydrogen-bond donors (Lipinski definition) is 1. The van der Waals surface area contributed by atoms with Gasteiger partial charge in [-0.05, 0) is 41.1 Å². The van der Waals surface area contributed by atoms with Crippen molar-refractivity contribution in [2.75, 3.05) is 12.4 Å². The number of halogens is 1. The molecule has 0 bridgehead atoms. The summed E-state index contributed by atoms with van der Waals surface area (Å²) in [6.45, 7) is 2.42. The molecule has 100 valence electrons. The fourth-order valence-electron chi connectivity index (χ4n) is 1.72. The van der Waals surface area contributed by atoms with Gasteiger partial charge in [0.1, 0.15) is 5.76 Å². The van der Waals surface area contributed by atoms with Crippen molar-refractivity contribution < 1.29 is 13.9 Å². The number of furan rings is 1. The molecule has 0 saturated heterocycles. The van der Waals surface area contributed by atoms with E-state index < -0.39 is 0 Å². The highest BCUT2D eigenvalue weighted by Gasteiger charge is 2.12. The average molecular weight is 324 g/mol. The Morgan fingerprint density at radius 1 is 1.42 bits per heavy atom. The Morgan fingerprint density at radius 3 is 2.84 bits per heavy atom. The van der Waals surface area contributed by atoms with Crippen molar-refractivity contribution in [3.05, 3.63) is 51.9 Å². The van der Waals surface area contributed by atoms with Gasteiger partial charge in [0, 0.05) is 5.69 Å². The maximum atomic E-state index is 11.7. The summed E-state index contributed by atoms with van der Waals surface area (Å²) in [7, 11) is 1.37. The van der Waals surface area contributed by atoms with Crippen molar-refractivity contribution in [3.63, 3.8) is 0 Å². The Labute approximate surface area is 119 Å². The maximum absolute atomic E-state index is 11.7. The second-order valence-electron chi connectivity index (χ2n) is 4.09. The number of aryl methyl sites for hydroxylation is 1. The number of carbonyl (C=O) groups is 1. The number of carbonyl (C=O) groups excluding carboxylic acids is 1. The minimum atomic E-state index is -0.357. The predicted octanol–water partition coefficient (Wildman–Crippen LogP) is 3.75. The number of ether oxygens (including phenoxy) is 1. The van der Waals surface area contributed by atoms with Gasteiger partial charge in [-0.25, -0.2) is 4.79 Å². The van der Waals surface area contributed by atoms with E-state index in [0.717, 1.165) is 21.5 Å². The molecule has 0 fully saturated rings. The standard InChI is InChI=1S/C14H14BrNO3/c1-9-3-4-12(10(7-9)14(17)18-2)16-8-13-11(15)5-6-19-13/h3-7,16H,8H2,1-2H3. The molecule has 1 N–H and O–H groups in total. The molecule has 1 aromatic carbocycles. The van der Waals surface area contributed by atoms with Crippen LogP contribution < -0.4 is 5.32 Å². The first-order valence-electron chi connectivity index (χ1n) is 5.76. The lowest BCUT2D eigenvalue weighted by Crippen LogP contribution is -2.08. The fraction of sp³-hybridized carbons (Fsp3) is 0.214. The Hall–Kier alpha value is -1.75. The summed E-state index contributed by atoms with van der Waals surface area (Å²) in [5.74, 6) is 0.418. The van der Waals surface area contributed by atoms with E-state index in [9.17, 15) is 4.79 Å². The number of benzene rings is 1. The summed E-state index contributed by atoms with van der Waals surface area (Å²) in [5.41, 5.74) is 2.25. The van der Waals surface area contributed by atoms with Gasteiger partial charge in [-0.15, -0.1) is 0 Å². The molecule has 4 nitrogen and oxygen atoms in total. The van der Waals surface area contributed by atoms with E-state index in [0.29, 0.717) is 12.1 Å². The van der Waals surface area contributed by atoms with Crippen molar-refractivity contribution >= 4 is 27.6 Å². The molecule has 1 heterocycles. The van der Waals surface area contributed by atoms with Crippen LogP contribution in [-0.4, -0.2) is 13.1 Å². The van der Waals surface area contributed by atoms with Crippen molar-refractivity contribution in [2.24, 2.45) is 0 Å². The van der Waals surface area contributed by atoms with Crippen LogP contribution in [0.4, 0.5) is 5.69 Å². The molecule has 0 aliphatic carbocycles. The fourth-order valence-corrected chi connectivity index (χ4v) is 2.06. The molecule has 2 aromatic rings. The smallest absolute Gasteiger partial charge is 0.339 e. The monoisotopic (exact) mass is 323 g/mol. The zero-order valence-electron chi connectivity index (χ0n) is 10.7. The lowest BCUT2D eigenvalue weighted by molar-refractivity contribution is 0.0601. The van der Waals surface area contributed by atoms with Crippen LogP contribution >= 0.6 is 15.9 Å². The summed E-state index contributed by atoms with van der Waals surface area (Å²) in [6, 6.07) is 7.42. The van der Waals surface area contributed by atoms with Crippen molar-refractivity contribution in [1.82, 2.24) is 0 Å². The van der Waals surface area contributed by atoms with Gasteiger partial charge in [0.15, 0.2) is 0 Å². The van der Waals surface area contributed by atoms with Crippen LogP contribution in [0.3, 0.4) is 0 Å². The highest BCUT2D eigenvalue weighted by Crippen LogP contribution is 2.22. The molecule has 0 amide bonds. The third-order valence-corrected chi connectivity index (χ3v) is 3.42. The van der Waals surface area contributed by atoms with Crippen LogP contribution in [0.25, 0.3) is 0 Å². The predicted molar refractivity (Wildman–Crippen MR) is 76.3 cm³/mol. The first kappa shape index (κ1) is 13.7. The Bertz CT molecular complexity index is 592. The van der Waals surface area contributed by atoms with E-state index >= 15 is 0 Å². The zero-order valence-corrected chi connectivity index (χ0v) is 12.3. The quantitative estimate of drug-likeness (QED) is 0.870. The first-order valence-corrected chi connectivity index (χ1v) is 6.56. The SMILES string of the molecule is COC(=O)c1cc(C)ccc1NCc1occc1Br. The van der Waals surface area contributed by atoms with Gasteiger partial charge in [0.2, 0.25) is 0 Å². The van der Waals surface area contributed by atoms with Crippen molar-refractivity contribution in [2.45, 2.75) is 13.5 Å². The number of nitrogens with one attached hydrogen (secondary N) is 1. The lowest BCUT2D eigenvalue weighted by atomic mass is 10.1. The number of anilines is 1. The molecule has 0 spiro atoms. The minimum absolute atomic E-state index is 0.357. The summed E-state index contributed by atoms with van der Waals surface area (Å²) >= 11 is 3.39. The maximum Gasteiger partial charge on any atom is 0.339 e. The molecule has 0 aliphatic heterocycles. The topological polar surface area (TPSA) is 51.5 Å². The van der Waals surface area contributed by atoms with E-state index in [1.807, 2.05) is 25.1 Å².